The summed E-state index contributed by atoms with van der Waals surface area (Å²) in [7, 11) is 1.69. The number of para-hydroxylation sites is 1. The minimum Gasteiger partial charge on any atom is -0.496 e. The number of alkyl halides is 1. The van der Waals surface area contributed by atoms with E-state index in [1.807, 2.05) is 24.3 Å². The molecule has 0 aliphatic carbocycles. The highest BCUT2D eigenvalue weighted by Crippen LogP contribution is 2.30. The molecular weight excluding hydrogens is 246 g/mol. The van der Waals surface area contributed by atoms with Gasteiger partial charge >= 0.3 is 0 Å². The first-order valence-electron chi connectivity index (χ1n) is 6.72. The van der Waals surface area contributed by atoms with Crippen molar-refractivity contribution >= 4 is 11.6 Å². The van der Waals surface area contributed by atoms with Crippen LogP contribution < -0.4 is 4.74 Å². The maximum atomic E-state index is 6.53. The van der Waals surface area contributed by atoms with Crippen LogP contribution in [0.15, 0.2) is 24.3 Å². The predicted molar refractivity (Wildman–Crippen MR) is 78.6 cm³/mol. The Bertz CT molecular complexity index is 337. The maximum absolute atomic E-state index is 6.53. The molecule has 0 aliphatic rings. The van der Waals surface area contributed by atoms with Crippen LogP contribution in [0, 0.1) is 0 Å². The van der Waals surface area contributed by atoms with E-state index in [0.717, 1.165) is 43.8 Å². The molecule has 1 atom stereocenters. The summed E-state index contributed by atoms with van der Waals surface area (Å²) in [5.41, 5.74) is 1.08. The highest BCUT2D eigenvalue weighted by atomic mass is 35.5. The van der Waals surface area contributed by atoms with Crippen molar-refractivity contribution < 1.29 is 4.74 Å². The summed E-state index contributed by atoms with van der Waals surface area (Å²) >= 11 is 6.53. The van der Waals surface area contributed by atoms with Gasteiger partial charge in [-0.15, -0.1) is 11.6 Å². The molecule has 3 heteroatoms. The van der Waals surface area contributed by atoms with Crippen molar-refractivity contribution in [1.82, 2.24) is 4.90 Å². The molecule has 0 bridgehead atoms. The Hall–Kier alpha value is -0.730. The highest BCUT2D eigenvalue weighted by Gasteiger charge is 2.16. The lowest BCUT2D eigenvalue weighted by Crippen LogP contribution is -2.29. The number of hydrogen-bond donors (Lipinski definition) is 0. The Kier molecular flexibility index (Phi) is 7.14. The third-order valence-electron chi connectivity index (χ3n) is 2.97. The van der Waals surface area contributed by atoms with Crippen molar-refractivity contribution in [2.45, 2.75) is 32.1 Å². The van der Waals surface area contributed by atoms with Crippen LogP contribution in [0.1, 0.15) is 37.6 Å². The van der Waals surface area contributed by atoms with Gasteiger partial charge < -0.3 is 9.64 Å². The molecular formula is C15H24ClNO. The van der Waals surface area contributed by atoms with Crippen molar-refractivity contribution in [2.75, 3.05) is 26.7 Å². The van der Waals surface area contributed by atoms with Gasteiger partial charge in [0.05, 0.1) is 12.5 Å². The number of rotatable bonds is 8. The molecule has 0 fully saturated rings. The quantitative estimate of drug-likeness (QED) is 0.659. The van der Waals surface area contributed by atoms with E-state index in [0.29, 0.717) is 0 Å². The molecule has 0 N–H and O–H groups in total. The smallest absolute Gasteiger partial charge is 0.123 e. The number of methoxy groups -OCH3 is 1. The van der Waals surface area contributed by atoms with Crippen molar-refractivity contribution in [3.05, 3.63) is 29.8 Å². The predicted octanol–water partition coefficient (Wildman–Crippen LogP) is 4.10. The van der Waals surface area contributed by atoms with Gasteiger partial charge in [-0.1, -0.05) is 32.0 Å². The third-order valence-corrected chi connectivity index (χ3v) is 3.35. The molecule has 0 aliphatic heterocycles. The van der Waals surface area contributed by atoms with Gasteiger partial charge in [0.1, 0.15) is 5.75 Å². The van der Waals surface area contributed by atoms with E-state index in [2.05, 4.69) is 18.7 Å². The fraction of sp³-hybridized carbons (Fsp3) is 0.600. The van der Waals surface area contributed by atoms with Gasteiger partial charge in [0.15, 0.2) is 0 Å². The molecule has 0 saturated carbocycles. The zero-order chi connectivity index (χ0) is 13.4. The van der Waals surface area contributed by atoms with Gasteiger partial charge in [0.2, 0.25) is 0 Å². The normalized spacial score (nSPS) is 12.7. The second-order valence-corrected chi connectivity index (χ2v) is 5.04. The first kappa shape index (κ1) is 15.3. The van der Waals surface area contributed by atoms with E-state index in [1.54, 1.807) is 7.11 Å². The summed E-state index contributed by atoms with van der Waals surface area (Å²) in [6, 6.07) is 8.00. The summed E-state index contributed by atoms with van der Waals surface area (Å²) in [5.74, 6) is 0.880. The molecule has 2 nitrogen and oxygen atoms in total. The molecule has 0 heterocycles. The van der Waals surface area contributed by atoms with E-state index in [9.17, 15) is 0 Å². The van der Waals surface area contributed by atoms with Crippen molar-refractivity contribution in [3.63, 3.8) is 0 Å². The Balaban J connectivity index is 2.70. The summed E-state index contributed by atoms with van der Waals surface area (Å²) in [4.78, 5) is 2.42. The van der Waals surface area contributed by atoms with Gasteiger partial charge in [0, 0.05) is 12.1 Å². The third kappa shape index (κ3) is 4.51. The van der Waals surface area contributed by atoms with Crippen LogP contribution in [0.3, 0.4) is 0 Å². The monoisotopic (exact) mass is 269 g/mol. The van der Waals surface area contributed by atoms with E-state index in [4.69, 9.17) is 16.3 Å². The van der Waals surface area contributed by atoms with Crippen LogP contribution in [0.2, 0.25) is 0 Å². The largest absolute Gasteiger partial charge is 0.496 e. The van der Waals surface area contributed by atoms with Crippen LogP contribution in [0.5, 0.6) is 5.75 Å². The van der Waals surface area contributed by atoms with E-state index in [1.165, 1.54) is 0 Å². The zero-order valence-corrected chi connectivity index (χ0v) is 12.4. The molecule has 0 aromatic heterocycles. The lowest BCUT2D eigenvalue weighted by Gasteiger charge is -2.24. The van der Waals surface area contributed by atoms with Gasteiger partial charge in [0.25, 0.3) is 0 Å². The molecule has 1 aromatic rings. The number of halogens is 1. The molecule has 0 saturated heterocycles. The molecule has 18 heavy (non-hydrogen) atoms. The number of hydrogen-bond acceptors (Lipinski definition) is 2. The van der Waals surface area contributed by atoms with Crippen molar-refractivity contribution in [1.29, 1.82) is 0 Å². The van der Waals surface area contributed by atoms with Crippen LogP contribution in [0.4, 0.5) is 0 Å². The highest BCUT2D eigenvalue weighted by molar-refractivity contribution is 6.21. The fourth-order valence-corrected chi connectivity index (χ4v) is 2.55. The van der Waals surface area contributed by atoms with Crippen LogP contribution >= 0.6 is 11.6 Å². The number of ether oxygens (including phenoxy) is 1. The Morgan fingerprint density at radius 1 is 1.17 bits per heavy atom. The Morgan fingerprint density at radius 2 is 1.78 bits per heavy atom. The van der Waals surface area contributed by atoms with Crippen molar-refractivity contribution in [3.8, 4) is 5.75 Å². The summed E-state index contributed by atoms with van der Waals surface area (Å²) in [6.45, 7) is 7.49. The van der Waals surface area contributed by atoms with Gasteiger partial charge in [-0.2, -0.15) is 0 Å². The maximum Gasteiger partial charge on any atom is 0.123 e. The average Bonchev–Trinajstić information content (AvgIpc) is 2.39. The van der Waals surface area contributed by atoms with E-state index < -0.39 is 0 Å². The van der Waals surface area contributed by atoms with E-state index in [-0.39, 0.29) is 5.38 Å². The minimum absolute atomic E-state index is 0.0146. The zero-order valence-electron chi connectivity index (χ0n) is 11.7. The van der Waals surface area contributed by atoms with Crippen molar-refractivity contribution in [2.24, 2.45) is 0 Å². The lowest BCUT2D eigenvalue weighted by molar-refractivity contribution is 0.273. The average molecular weight is 270 g/mol. The number of nitrogens with zero attached hydrogens (tertiary/aromatic N) is 1. The second kappa shape index (κ2) is 8.39. The summed E-state index contributed by atoms with van der Waals surface area (Å²) < 4.78 is 5.37. The Labute approximate surface area is 116 Å². The standard InChI is InChI=1S/C15H24ClNO/c1-4-10-17(11-5-2)12-14(16)13-8-6-7-9-15(13)18-3/h6-9,14H,4-5,10-12H2,1-3H3. The SMILES string of the molecule is CCCN(CCC)CC(Cl)c1ccccc1OC. The van der Waals surface area contributed by atoms with Crippen LogP contribution in [0.25, 0.3) is 0 Å². The molecule has 0 spiro atoms. The summed E-state index contributed by atoms with van der Waals surface area (Å²) in [5, 5.41) is -0.0146. The van der Waals surface area contributed by atoms with Gasteiger partial charge in [-0.05, 0) is 32.0 Å². The molecule has 102 valence electrons. The van der Waals surface area contributed by atoms with E-state index >= 15 is 0 Å². The molecule has 1 aromatic carbocycles. The lowest BCUT2D eigenvalue weighted by atomic mass is 10.1. The Morgan fingerprint density at radius 3 is 2.33 bits per heavy atom. The topological polar surface area (TPSA) is 12.5 Å². The molecule has 1 unspecified atom stereocenters. The fourth-order valence-electron chi connectivity index (χ4n) is 2.18. The first-order chi connectivity index (χ1) is 8.72. The second-order valence-electron chi connectivity index (χ2n) is 4.51. The van der Waals surface area contributed by atoms with Gasteiger partial charge in [-0.3, -0.25) is 0 Å². The molecule has 0 amide bonds. The number of benzene rings is 1. The van der Waals surface area contributed by atoms with Crippen LogP contribution in [-0.2, 0) is 0 Å². The molecule has 1 rings (SSSR count). The summed E-state index contributed by atoms with van der Waals surface area (Å²) in [6.07, 6.45) is 2.32. The molecule has 0 radical (unpaired) electrons. The first-order valence-corrected chi connectivity index (χ1v) is 7.15. The van der Waals surface area contributed by atoms with Gasteiger partial charge in [-0.25, -0.2) is 0 Å². The van der Waals surface area contributed by atoms with Crippen LogP contribution in [-0.4, -0.2) is 31.6 Å². The minimum atomic E-state index is -0.0146.